The fourth-order valence-corrected chi connectivity index (χ4v) is 3.27. The number of hydrogen-bond donors (Lipinski definition) is 0. The van der Waals surface area contributed by atoms with Gasteiger partial charge in [-0.15, -0.1) is 0 Å². The summed E-state index contributed by atoms with van der Waals surface area (Å²) < 4.78 is 12.1. The Kier molecular flexibility index (Phi) is 5.64. The molecule has 0 heterocycles. The minimum Gasteiger partial charge on any atom is -0.250 e. The summed E-state index contributed by atoms with van der Waals surface area (Å²) in [5, 5.41) is 4.06. The number of nitrogens with zero attached hydrogens (tertiary/aromatic N) is 1. The van der Waals surface area contributed by atoms with Gasteiger partial charge in [0.1, 0.15) is 0 Å². The van der Waals surface area contributed by atoms with E-state index in [1.165, 1.54) is 24.0 Å². The molecule has 1 aliphatic carbocycles. The van der Waals surface area contributed by atoms with Crippen LogP contribution < -0.4 is 0 Å². The summed E-state index contributed by atoms with van der Waals surface area (Å²) in [6, 6.07) is 6.22. The van der Waals surface area contributed by atoms with E-state index in [9.17, 15) is 4.21 Å². The van der Waals surface area contributed by atoms with Crippen LogP contribution in [0.4, 0.5) is 0 Å². The highest BCUT2D eigenvalue weighted by Crippen LogP contribution is 2.23. The van der Waals surface area contributed by atoms with Crippen molar-refractivity contribution in [2.45, 2.75) is 37.0 Å². The summed E-state index contributed by atoms with van der Waals surface area (Å²) in [5.74, 6) is 0. The molecule has 0 aromatic heterocycles. The fourth-order valence-electron chi connectivity index (χ4n) is 2.25. The molecule has 0 radical (unpaired) electrons. The lowest BCUT2D eigenvalue weighted by atomic mass is 9.92. The molecule has 1 aromatic rings. The molecule has 4 heteroatoms. The van der Waals surface area contributed by atoms with Gasteiger partial charge in [-0.3, -0.25) is 0 Å². The Morgan fingerprint density at radius 1 is 1.32 bits per heavy atom. The van der Waals surface area contributed by atoms with Crippen molar-refractivity contribution >= 4 is 28.2 Å². The molecule has 1 unspecified atom stereocenters. The van der Waals surface area contributed by atoms with Gasteiger partial charge in [-0.05, 0) is 67.6 Å². The molecule has 100 valence electrons. The maximum absolute atomic E-state index is 12.1. The van der Waals surface area contributed by atoms with Crippen LogP contribution in [0.3, 0.4) is 0 Å². The van der Waals surface area contributed by atoms with Gasteiger partial charge in [0.05, 0.1) is 22.5 Å². The lowest BCUT2D eigenvalue weighted by Crippen LogP contribution is -2.03. The van der Waals surface area contributed by atoms with Crippen LogP contribution in [0.15, 0.2) is 39.6 Å². The van der Waals surface area contributed by atoms with Gasteiger partial charge >= 0.3 is 0 Å². The average molecular weight is 291 g/mol. The molecular weight excluding hydrogens is 274 g/mol. The predicted molar refractivity (Wildman–Crippen MR) is 83.1 cm³/mol. The van der Waals surface area contributed by atoms with E-state index in [4.69, 9.17) is 0 Å². The van der Waals surface area contributed by atoms with Crippen molar-refractivity contribution in [2.24, 2.45) is 4.99 Å². The highest BCUT2D eigenvalue weighted by Gasteiger charge is 2.10. The highest BCUT2D eigenvalue weighted by atomic mass is 32.2. The molecule has 0 amide bonds. The summed E-state index contributed by atoms with van der Waals surface area (Å²) in [6.45, 7) is 0.612. The van der Waals surface area contributed by atoms with E-state index in [0.717, 1.165) is 24.2 Å². The van der Waals surface area contributed by atoms with Gasteiger partial charge in [-0.2, -0.15) is 0 Å². The van der Waals surface area contributed by atoms with E-state index in [2.05, 4.69) is 34.5 Å². The first kappa shape index (κ1) is 14.3. The van der Waals surface area contributed by atoms with Crippen molar-refractivity contribution in [1.29, 1.82) is 0 Å². The first-order chi connectivity index (χ1) is 9.31. The zero-order valence-electron chi connectivity index (χ0n) is 10.8. The van der Waals surface area contributed by atoms with Crippen LogP contribution in [0.1, 0.15) is 30.4 Å². The lowest BCUT2D eigenvalue weighted by Gasteiger charge is -2.15. The molecule has 0 saturated heterocycles. The van der Waals surface area contributed by atoms with Gasteiger partial charge in [0, 0.05) is 10.3 Å². The first-order valence-corrected chi connectivity index (χ1v) is 8.16. The number of rotatable bonds is 5. The quantitative estimate of drug-likeness (QED) is 0.470. The normalized spacial score (nSPS) is 15.8. The third-order valence-corrected chi connectivity index (χ3v) is 4.53. The summed E-state index contributed by atoms with van der Waals surface area (Å²) in [5.41, 5.74) is 2.79. The van der Waals surface area contributed by atoms with Gasteiger partial charge in [0.25, 0.3) is 0 Å². The van der Waals surface area contributed by atoms with Crippen molar-refractivity contribution in [1.82, 2.24) is 0 Å². The lowest BCUT2D eigenvalue weighted by molar-refractivity contribution is 0.679. The van der Waals surface area contributed by atoms with Gasteiger partial charge < -0.3 is 0 Å². The second-order valence-electron chi connectivity index (χ2n) is 4.57. The summed E-state index contributed by atoms with van der Waals surface area (Å²) in [4.78, 5) is 4.71. The second kappa shape index (κ2) is 7.49. The Morgan fingerprint density at radius 3 is 2.89 bits per heavy atom. The Hall–Kier alpha value is -1.09. The van der Waals surface area contributed by atoms with Crippen LogP contribution >= 0.6 is 12.2 Å². The standard InChI is InChI=1S/C15H17NOS2/c17-19(10-4-3-9-16-12-18)15-8-7-13-5-1-2-6-14(13)11-15/h4,7-8,10-11H,1-3,5-6,9H2/b10-4+. The molecule has 2 nitrogen and oxygen atoms in total. The van der Waals surface area contributed by atoms with Crippen LogP contribution in [0.5, 0.6) is 0 Å². The predicted octanol–water partition coefficient (Wildman–Crippen LogP) is 3.68. The molecule has 19 heavy (non-hydrogen) atoms. The number of isothiocyanates is 1. The van der Waals surface area contributed by atoms with Crippen LogP contribution in [-0.2, 0) is 23.6 Å². The van der Waals surface area contributed by atoms with E-state index in [1.54, 1.807) is 5.41 Å². The molecule has 1 atom stereocenters. The highest BCUT2D eigenvalue weighted by molar-refractivity contribution is 7.88. The molecule has 2 rings (SSSR count). The minimum absolute atomic E-state index is 0.612. The van der Waals surface area contributed by atoms with E-state index >= 15 is 0 Å². The molecular formula is C15H17NOS2. The van der Waals surface area contributed by atoms with Crippen molar-refractivity contribution in [2.75, 3.05) is 6.54 Å². The number of hydrogen-bond acceptors (Lipinski definition) is 3. The van der Waals surface area contributed by atoms with E-state index in [-0.39, 0.29) is 0 Å². The Labute approximate surface area is 122 Å². The molecule has 0 fully saturated rings. The SMILES string of the molecule is O=S(/C=C/CCN=C=S)c1ccc2c(c1)CCCC2. The molecule has 1 aliphatic rings. The van der Waals surface area contributed by atoms with Crippen LogP contribution in [0.2, 0.25) is 0 Å². The van der Waals surface area contributed by atoms with Gasteiger partial charge in [0.2, 0.25) is 0 Å². The molecule has 0 bridgehead atoms. The third kappa shape index (κ3) is 4.20. The monoisotopic (exact) mass is 291 g/mol. The van der Waals surface area contributed by atoms with Gasteiger partial charge in [0.15, 0.2) is 0 Å². The number of benzene rings is 1. The Bertz CT molecular complexity index is 545. The maximum Gasteiger partial charge on any atom is 0.0772 e. The number of fused-ring (bicyclic) bond motifs is 1. The van der Waals surface area contributed by atoms with E-state index in [1.807, 2.05) is 12.1 Å². The number of thiocarbonyl (C=S) groups is 1. The fraction of sp³-hybridized carbons (Fsp3) is 0.400. The van der Waals surface area contributed by atoms with E-state index in [0.29, 0.717) is 6.54 Å². The van der Waals surface area contributed by atoms with E-state index < -0.39 is 10.8 Å². The minimum atomic E-state index is -1.06. The Balaban J connectivity index is 2.01. The summed E-state index contributed by atoms with van der Waals surface area (Å²) in [7, 11) is -1.06. The molecule has 1 aromatic carbocycles. The van der Waals surface area contributed by atoms with Crippen molar-refractivity contribution in [3.05, 3.63) is 40.8 Å². The van der Waals surface area contributed by atoms with Gasteiger partial charge in [-0.1, -0.05) is 12.1 Å². The average Bonchev–Trinajstić information content (AvgIpc) is 2.46. The molecule has 0 spiro atoms. The topological polar surface area (TPSA) is 29.4 Å². The maximum atomic E-state index is 12.1. The third-order valence-electron chi connectivity index (χ3n) is 3.24. The second-order valence-corrected chi connectivity index (χ2v) is 6.09. The Morgan fingerprint density at radius 2 is 2.11 bits per heavy atom. The first-order valence-electron chi connectivity index (χ1n) is 6.54. The zero-order valence-corrected chi connectivity index (χ0v) is 12.4. The zero-order chi connectivity index (χ0) is 13.5. The molecule has 0 N–H and O–H groups in total. The number of aliphatic imine (C=N–C) groups is 1. The van der Waals surface area contributed by atoms with Crippen molar-refractivity contribution < 1.29 is 4.21 Å². The van der Waals surface area contributed by atoms with Crippen LogP contribution in [-0.4, -0.2) is 15.9 Å². The van der Waals surface area contributed by atoms with Gasteiger partial charge in [-0.25, -0.2) is 9.20 Å². The molecule has 0 aliphatic heterocycles. The van der Waals surface area contributed by atoms with Crippen LogP contribution in [0.25, 0.3) is 0 Å². The van der Waals surface area contributed by atoms with Crippen molar-refractivity contribution in [3.63, 3.8) is 0 Å². The smallest absolute Gasteiger partial charge is 0.0772 e. The molecule has 0 saturated carbocycles. The van der Waals surface area contributed by atoms with Crippen molar-refractivity contribution in [3.8, 4) is 0 Å². The summed E-state index contributed by atoms with van der Waals surface area (Å²) >= 11 is 4.49. The number of aryl methyl sites for hydroxylation is 2. The van der Waals surface area contributed by atoms with Crippen LogP contribution in [0, 0.1) is 0 Å². The largest absolute Gasteiger partial charge is 0.250 e. The summed E-state index contributed by atoms with van der Waals surface area (Å²) in [6.07, 6.45) is 7.44.